The van der Waals surface area contributed by atoms with Gasteiger partial charge in [-0.2, -0.15) is 13.2 Å². The fourth-order valence-corrected chi connectivity index (χ4v) is 2.50. The minimum absolute atomic E-state index is 0.229. The summed E-state index contributed by atoms with van der Waals surface area (Å²) in [4.78, 5) is 23.5. The number of H-pyrrole nitrogens is 1. The maximum atomic E-state index is 12.7. The van der Waals surface area contributed by atoms with Gasteiger partial charge in [0, 0.05) is 39.0 Å². The van der Waals surface area contributed by atoms with Crippen LogP contribution >= 0.6 is 0 Å². The van der Waals surface area contributed by atoms with Crippen LogP contribution in [0.2, 0.25) is 0 Å². The molecule has 2 aromatic heterocycles. The van der Waals surface area contributed by atoms with E-state index in [4.69, 9.17) is 0 Å². The Balaban J connectivity index is 1.85. The molecule has 0 saturated carbocycles. The van der Waals surface area contributed by atoms with Gasteiger partial charge in [0.25, 0.3) is 5.56 Å². The van der Waals surface area contributed by atoms with Crippen molar-refractivity contribution in [2.75, 3.05) is 6.54 Å². The van der Waals surface area contributed by atoms with Crippen LogP contribution < -0.4 is 5.56 Å². The lowest BCUT2D eigenvalue weighted by atomic mass is 10.1. The normalized spacial score (nSPS) is 15.8. The third-order valence-electron chi connectivity index (χ3n) is 3.70. The molecule has 9 heteroatoms. The Hall–Kier alpha value is -2.16. The van der Waals surface area contributed by atoms with E-state index in [9.17, 15) is 18.0 Å². The molecule has 0 aromatic carbocycles. The summed E-state index contributed by atoms with van der Waals surface area (Å²) in [6.07, 6.45) is -0.834. The summed E-state index contributed by atoms with van der Waals surface area (Å²) in [5, 5.41) is 0. The van der Waals surface area contributed by atoms with Crippen molar-refractivity contribution in [1.29, 1.82) is 0 Å². The topological polar surface area (TPSA) is 66.8 Å². The van der Waals surface area contributed by atoms with Crippen molar-refractivity contribution >= 4 is 0 Å². The zero-order chi connectivity index (χ0) is 15.9. The van der Waals surface area contributed by atoms with Gasteiger partial charge in [-0.3, -0.25) is 9.69 Å². The summed E-state index contributed by atoms with van der Waals surface area (Å²) >= 11 is 0. The molecule has 3 heterocycles. The number of fused-ring (bicyclic) bond motifs is 1. The summed E-state index contributed by atoms with van der Waals surface area (Å²) in [7, 11) is 1.87. The Morgan fingerprint density at radius 2 is 2.18 bits per heavy atom. The van der Waals surface area contributed by atoms with Crippen LogP contribution in [-0.2, 0) is 32.7 Å². The zero-order valence-electron chi connectivity index (χ0n) is 11.8. The monoisotopic (exact) mass is 313 g/mol. The molecule has 1 aliphatic heterocycles. The molecule has 0 atom stereocenters. The number of aromatic amines is 1. The van der Waals surface area contributed by atoms with Crippen LogP contribution in [-0.4, -0.2) is 31.0 Å². The molecule has 3 rings (SSSR count). The van der Waals surface area contributed by atoms with Gasteiger partial charge in [-0.25, -0.2) is 9.97 Å². The van der Waals surface area contributed by atoms with Crippen LogP contribution in [0.25, 0.3) is 0 Å². The Morgan fingerprint density at radius 3 is 2.82 bits per heavy atom. The predicted octanol–water partition coefficient (Wildman–Crippen LogP) is 1.08. The van der Waals surface area contributed by atoms with Crippen molar-refractivity contribution in [2.24, 2.45) is 7.05 Å². The minimum atomic E-state index is -4.64. The van der Waals surface area contributed by atoms with Gasteiger partial charge in [-0.05, 0) is 0 Å². The highest BCUT2D eigenvalue weighted by molar-refractivity contribution is 5.21. The van der Waals surface area contributed by atoms with Crippen molar-refractivity contribution in [3.05, 3.63) is 45.7 Å². The van der Waals surface area contributed by atoms with E-state index in [-0.39, 0.29) is 12.2 Å². The van der Waals surface area contributed by atoms with E-state index in [1.165, 1.54) is 0 Å². The van der Waals surface area contributed by atoms with Crippen molar-refractivity contribution in [3.63, 3.8) is 0 Å². The van der Waals surface area contributed by atoms with E-state index in [2.05, 4.69) is 9.97 Å². The quantitative estimate of drug-likeness (QED) is 0.901. The molecule has 0 amide bonds. The van der Waals surface area contributed by atoms with Crippen LogP contribution in [0.5, 0.6) is 0 Å². The molecular weight excluding hydrogens is 299 g/mol. The average Bonchev–Trinajstić information content (AvgIpc) is 2.84. The van der Waals surface area contributed by atoms with E-state index in [1.807, 2.05) is 27.7 Å². The molecule has 0 saturated heterocycles. The van der Waals surface area contributed by atoms with Gasteiger partial charge < -0.3 is 9.55 Å². The lowest BCUT2D eigenvalue weighted by Crippen LogP contribution is -2.37. The standard InChI is InChI=1S/C13H14F3N5O/c1-20-5-3-17-10(20)7-21-4-2-9-8(6-21)11(22)19-12(18-9)13(14,15)16/h3,5H,2,4,6-7H2,1H3,(H,18,19,22). The smallest absolute Gasteiger partial charge is 0.337 e. The van der Waals surface area contributed by atoms with Gasteiger partial charge in [0.05, 0.1) is 17.8 Å². The Labute approximate surface area is 123 Å². The van der Waals surface area contributed by atoms with Crippen LogP contribution in [0.15, 0.2) is 17.2 Å². The molecule has 6 nitrogen and oxygen atoms in total. The number of hydrogen-bond donors (Lipinski definition) is 1. The van der Waals surface area contributed by atoms with Crippen LogP contribution in [0.3, 0.4) is 0 Å². The molecule has 118 valence electrons. The second-order valence-electron chi connectivity index (χ2n) is 5.25. The summed E-state index contributed by atoms with van der Waals surface area (Å²) in [6.45, 7) is 1.33. The average molecular weight is 313 g/mol. The first-order valence-electron chi connectivity index (χ1n) is 6.72. The Kier molecular flexibility index (Phi) is 3.51. The first-order valence-corrected chi connectivity index (χ1v) is 6.72. The summed E-state index contributed by atoms with van der Waals surface area (Å²) in [6, 6.07) is 0. The molecule has 0 unspecified atom stereocenters. The molecule has 0 fully saturated rings. The van der Waals surface area contributed by atoms with Crippen molar-refractivity contribution in [3.8, 4) is 0 Å². The lowest BCUT2D eigenvalue weighted by molar-refractivity contribution is -0.145. The van der Waals surface area contributed by atoms with E-state index >= 15 is 0 Å². The summed E-state index contributed by atoms with van der Waals surface area (Å²) in [5.74, 6) is -0.395. The van der Waals surface area contributed by atoms with Crippen LogP contribution in [0, 0.1) is 0 Å². The number of aryl methyl sites for hydroxylation is 1. The zero-order valence-corrected chi connectivity index (χ0v) is 11.8. The first-order chi connectivity index (χ1) is 10.3. The number of aromatic nitrogens is 4. The maximum Gasteiger partial charge on any atom is 0.449 e. The van der Waals surface area contributed by atoms with Gasteiger partial charge in [0.2, 0.25) is 5.82 Å². The molecular formula is C13H14F3N5O. The van der Waals surface area contributed by atoms with Crippen LogP contribution in [0.1, 0.15) is 22.9 Å². The summed E-state index contributed by atoms with van der Waals surface area (Å²) < 4.78 is 39.8. The highest BCUT2D eigenvalue weighted by Crippen LogP contribution is 2.26. The number of rotatable bonds is 2. The predicted molar refractivity (Wildman–Crippen MR) is 70.9 cm³/mol. The molecule has 1 N–H and O–H groups in total. The number of nitrogens with zero attached hydrogens (tertiary/aromatic N) is 4. The largest absolute Gasteiger partial charge is 0.449 e. The molecule has 22 heavy (non-hydrogen) atoms. The number of alkyl halides is 3. The van der Waals surface area contributed by atoms with Gasteiger partial charge in [-0.15, -0.1) is 0 Å². The molecule has 0 aliphatic carbocycles. The van der Waals surface area contributed by atoms with Gasteiger partial charge in [0.15, 0.2) is 0 Å². The molecule has 1 aliphatic rings. The van der Waals surface area contributed by atoms with Gasteiger partial charge in [0.1, 0.15) is 5.82 Å². The van der Waals surface area contributed by atoms with Crippen molar-refractivity contribution in [1.82, 2.24) is 24.4 Å². The summed E-state index contributed by atoms with van der Waals surface area (Å²) in [5.41, 5.74) is -0.192. The number of imidazole rings is 1. The highest BCUT2D eigenvalue weighted by atomic mass is 19.4. The van der Waals surface area contributed by atoms with Gasteiger partial charge >= 0.3 is 6.18 Å². The number of halogens is 3. The third-order valence-corrected chi connectivity index (χ3v) is 3.70. The van der Waals surface area contributed by atoms with Crippen molar-refractivity contribution < 1.29 is 13.2 Å². The fourth-order valence-electron chi connectivity index (χ4n) is 2.50. The van der Waals surface area contributed by atoms with Gasteiger partial charge in [-0.1, -0.05) is 0 Å². The SMILES string of the molecule is Cn1ccnc1CN1CCc2nc(C(F)(F)F)[nH]c(=O)c2C1. The van der Waals surface area contributed by atoms with Crippen molar-refractivity contribution in [2.45, 2.75) is 25.7 Å². The maximum absolute atomic E-state index is 12.7. The lowest BCUT2D eigenvalue weighted by Gasteiger charge is -2.27. The Morgan fingerprint density at radius 1 is 1.41 bits per heavy atom. The first kappa shape index (κ1) is 14.8. The molecule has 0 bridgehead atoms. The van der Waals surface area contributed by atoms with E-state index < -0.39 is 17.6 Å². The Bertz CT molecular complexity index is 749. The van der Waals surface area contributed by atoms with E-state index in [0.29, 0.717) is 25.1 Å². The minimum Gasteiger partial charge on any atom is -0.337 e. The second-order valence-corrected chi connectivity index (χ2v) is 5.25. The van der Waals surface area contributed by atoms with Crippen LogP contribution in [0.4, 0.5) is 13.2 Å². The molecule has 0 spiro atoms. The molecule has 0 radical (unpaired) electrons. The third kappa shape index (κ3) is 2.76. The molecule has 2 aromatic rings. The highest BCUT2D eigenvalue weighted by Gasteiger charge is 2.35. The number of hydrogen-bond acceptors (Lipinski definition) is 4. The second kappa shape index (κ2) is 5.24. The van der Waals surface area contributed by atoms with E-state index in [0.717, 1.165) is 5.82 Å². The van der Waals surface area contributed by atoms with E-state index in [1.54, 1.807) is 6.20 Å². The number of nitrogens with one attached hydrogen (secondary N) is 1. The fraction of sp³-hybridized carbons (Fsp3) is 0.462.